The summed E-state index contributed by atoms with van der Waals surface area (Å²) in [7, 11) is 0. The maximum Gasteiger partial charge on any atom is 0.0541 e. The van der Waals surface area contributed by atoms with Crippen LogP contribution in [0.3, 0.4) is 0 Å². The third-order valence-corrected chi connectivity index (χ3v) is 3.11. The average molecular weight is 230 g/mol. The monoisotopic (exact) mass is 230 g/mol. The van der Waals surface area contributed by atoms with Gasteiger partial charge in [-0.05, 0) is 25.7 Å². The van der Waals surface area contributed by atoms with E-state index in [0.717, 1.165) is 38.5 Å². The Bertz CT molecular complexity index is 121. The van der Waals surface area contributed by atoms with Crippen molar-refractivity contribution in [1.29, 1.82) is 0 Å². The molecule has 16 heavy (non-hydrogen) atoms. The van der Waals surface area contributed by atoms with Crippen LogP contribution < -0.4 is 0 Å². The molecule has 0 bridgehead atoms. The van der Waals surface area contributed by atoms with Gasteiger partial charge in [0.15, 0.2) is 0 Å². The zero-order valence-electron chi connectivity index (χ0n) is 11.1. The van der Waals surface area contributed by atoms with Crippen LogP contribution in [0.5, 0.6) is 0 Å². The predicted molar refractivity (Wildman–Crippen MR) is 69.5 cm³/mol. The first-order chi connectivity index (χ1) is 7.70. The van der Waals surface area contributed by atoms with Gasteiger partial charge < -0.3 is 10.2 Å². The minimum Gasteiger partial charge on any atom is -0.393 e. The van der Waals surface area contributed by atoms with E-state index < -0.39 is 0 Å². The molecule has 2 nitrogen and oxygen atoms in total. The predicted octanol–water partition coefficient (Wildman–Crippen LogP) is 3.65. The highest BCUT2D eigenvalue weighted by Gasteiger charge is 2.08. The highest BCUT2D eigenvalue weighted by Crippen LogP contribution is 2.13. The SMILES string of the molecule is CCCCCC(O)CCC(O)CCCCC. The van der Waals surface area contributed by atoms with Crippen LogP contribution in [0.4, 0.5) is 0 Å². The first-order valence-corrected chi connectivity index (χ1v) is 7.06. The van der Waals surface area contributed by atoms with E-state index in [9.17, 15) is 10.2 Å². The lowest BCUT2D eigenvalue weighted by atomic mass is 10.0. The van der Waals surface area contributed by atoms with E-state index in [1.807, 2.05) is 0 Å². The molecule has 0 spiro atoms. The second kappa shape index (κ2) is 11.4. The van der Waals surface area contributed by atoms with E-state index >= 15 is 0 Å². The van der Waals surface area contributed by atoms with Crippen molar-refractivity contribution in [3.8, 4) is 0 Å². The van der Waals surface area contributed by atoms with Crippen molar-refractivity contribution in [3.63, 3.8) is 0 Å². The largest absolute Gasteiger partial charge is 0.393 e. The van der Waals surface area contributed by atoms with E-state index in [0.29, 0.717) is 0 Å². The highest BCUT2D eigenvalue weighted by molar-refractivity contribution is 4.62. The Morgan fingerprint density at radius 3 is 1.31 bits per heavy atom. The molecule has 2 atom stereocenters. The molecular formula is C14H30O2. The Morgan fingerprint density at radius 2 is 1.00 bits per heavy atom. The van der Waals surface area contributed by atoms with Crippen LogP contribution >= 0.6 is 0 Å². The van der Waals surface area contributed by atoms with Crippen molar-refractivity contribution in [3.05, 3.63) is 0 Å². The van der Waals surface area contributed by atoms with Gasteiger partial charge in [-0.25, -0.2) is 0 Å². The second-order valence-corrected chi connectivity index (χ2v) is 4.88. The second-order valence-electron chi connectivity index (χ2n) is 4.88. The van der Waals surface area contributed by atoms with E-state index in [4.69, 9.17) is 0 Å². The van der Waals surface area contributed by atoms with Gasteiger partial charge in [0.1, 0.15) is 0 Å². The molecule has 2 unspecified atom stereocenters. The lowest BCUT2D eigenvalue weighted by Gasteiger charge is -2.14. The number of rotatable bonds is 11. The molecule has 0 aliphatic rings. The van der Waals surface area contributed by atoms with Gasteiger partial charge in [0.05, 0.1) is 12.2 Å². The van der Waals surface area contributed by atoms with Crippen LogP contribution in [0.1, 0.15) is 78.1 Å². The lowest BCUT2D eigenvalue weighted by Crippen LogP contribution is -2.13. The van der Waals surface area contributed by atoms with Crippen molar-refractivity contribution in [1.82, 2.24) is 0 Å². The van der Waals surface area contributed by atoms with Crippen LogP contribution in [-0.4, -0.2) is 22.4 Å². The van der Waals surface area contributed by atoms with E-state index in [-0.39, 0.29) is 12.2 Å². The number of hydrogen-bond donors (Lipinski definition) is 2. The average Bonchev–Trinajstić information content (AvgIpc) is 2.27. The fraction of sp³-hybridized carbons (Fsp3) is 1.00. The molecule has 0 heterocycles. The molecule has 0 radical (unpaired) electrons. The van der Waals surface area contributed by atoms with Crippen LogP contribution in [-0.2, 0) is 0 Å². The third-order valence-electron chi connectivity index (χ3n) is 3.11. The van der Waals surface area contributed by atoms with Gasteiger partial charge in [-0.3, -0.25) is 0 Å². The number of aliphatic hydroxyl groups excluding tert-OH is 2. The van der Waals surface area contributed by atoms with Crippen LogP contribution in [0, 0.1) is 0 Å². The maximum absolute atomic E-state index is 9.69. The Labute approximate surface area is 101 Å². The standard InChI is InChI=1S/C14H30O2/c1-3-5-7-9-13(15)11-12-14(16)10-8-6-4-2/h13-16H,3-12H2,1-2H3. The summed E-state index contributed by atoms with van der Waals surface area (Å²) in [4.78, 5) is 0. The van der Waals surface area contributed by atoms with Crippen molar-refractivity contribution < 1.29 is 10.2 Å². The number of aliphatic hydroxyl groups is 2. The van der Waals surface area contributed by atoms with E-state index in [1.54, 1.807) is 0 Å². The number of hydrogen-bond acceptors (Lipinski definition) is 2. The quantitative estimate of drug-likeness (QED) is 0.532. The Kier molecular flexibility index (Phi) is 11.3. The molecule has 0 fully saturated rings. The maximum atomic E-state index is 9.69. The molecule has 0 aliphatic carbocycles. The molecule has 0 aromatic rings. The van der Waals surface area contributed by atoms with Crippen molar-refractivity contribution >= 4 is 0 Å². The molecule has 0 saturated carbocycles. The molecule has 2 N–H and O–H groups in total. The molecule has 0 amide bonds. The van der Waals surface area contributed by atoms with E-state index in [2.05, 4.69) is 13.8 Å². The normalized spacial score (nSPS) is 15.0. The minimum absolute atomic E-state index is 0.202. The van der Waals surface area contributed by atoms with Gasteiger partial charge in [-0.15, -0.1) is 0 Å². The van der Waals surface area contributed by atoms with Crippen molar-refractivity contribution in [2.24, 2.45) is 0 Å². The van der Waals surface area contributed by atoms with Gasteiger partial charge in [-0.2, -0.15) is 0 Å². The summed E-state index contributed by atoms with van der Waals surface area (Å²) in [6, 6.07) is 0. The molecule has 0 aromatic heterocycles. The molecule has 98 valence electrons. The smallest absolute Gasteiger partial charge is 0.0541 e. The summed E-state index contributed by atoms with van der Waals surface area (Å²) in [5.41, 5.74) is 0. The van der Waals surface area contributed by atoms with Gasteiger partial charge >= 0.3 is 0 Å². The number of unbranched alkanes of at least 4 members (excludes halogenated alkanes) is 4. The molecule has 0 rings (SSSR count). The van der Waals surface area contributed by atoms with Gasteiger partial charge in [-0.1, -0.05) is 52.4 Å². The van der Waals surface area contributed by atoms with Crippen LogP contribution in [0.15, 0.2) is 0 Å². The summed E-state index contributed by atoms with van der Waals surface area (Å²) in [5, 5.41) is 19.4. The molecule has 0 aliphatic heterocycles. The molecule has 0 saturated heterocycles. The minimum atomic E-state index is -0.202. The highest BCUT2D eigenvalue weighted by atomic mass is 16.3. The van der Waals surface area contributed by atoms with E-state index in [1.165, 1.54) is 25.7 Å². The van der Waals surface area contributed by atoms with Gasteiger partial charge in [0.2, 0.25) is 0 Å². The Hall–Kier alpha value is -0.0800. The van der Waals surface area contributed by atoms with Crippen LogP contribution in [0.25, 0.3) is 0 Å². The fourth-order valence-electron chi connectivity index (χ4n) is 1.93. The first-order valence-electron chi connectivity index (χ1n) is 7.06. The molecule has 0 aromatic carbocycles. The molecular weight excluding hydrogens is 200 g/mol. The summed E-state index contributed by atoms with van der Waals surface area (Å²) in [6.45, 7) is 4.34. The fourth-order valence-corrected chi connectivity index (χ4v) is 1.93. The van der Waals surface area contributed by atoms with Crippen molar-refractivity contribution in [2.75, 3.05) is 0 Å². The summed E-state index contributed by atoms with van der Waals surface area (Å²) in [5.74, 6) is 0. The topological polar surface area (TPSA) is 40.5 Å². The summed E-state index contributed by atoms with van der Waals surface area (Å²) >= 11 is 0. The first kappa shape index (κ1) is 15.9. The molecule has 2 heteroatoms. The summed E-state index contributed by atoms with van der Waals surface area (Å²) < 4.78 is 0. The summed E-state index contributed by atoms with van der Waals surface area (Å²) in [6.07, 6.45) is 9.96. The third kappa shape index (κ3) is 10.4. The van der Waals surface area contributed by atoms with Gasteiger partial charge in [0, 0.05) is 0 Å². The zero-order valence-corrected chi connectivity index (χ0v) is 11.1. The Balaban J connectivity index is 3.32. The lowest BCUT2D eigenvalue weighted by molar-refractivity contribution is 0.101. The van der Waals surface area contributed by atoms with Crippen molar-refractivity contribution in [2.45, 2.75) is 90.3 Å². The van der Waals surface area contributed by atoms with Crippen LogP contribution in [0.2, 0.25) is 0 Å². The zero-order chi connectivity index (χ0) is 12.2. The van der Waals surface area contributed by atoms with Gasteiger partial charge in [0.25, 0.3) is 0 Å². The Morgan fingerprint density at radius 1 is 0.625 bits per heavy atom.